The van der Waals surface area contributed by atoms with Crippen LogP contribution in [0.3, 0.4) is 0 Å². The van der Waals surface area contributed by atoms with Crippen molar-refractivity contribution in [3.8, 4) is 11.4 Å². The van der Waals surface area contributed by atoms with Crippen LogP contribution in [0.1, 0.15) is 18.2 Å². The summed E-state index contributed by atoms with van der Waals surface area (Å²) in [5.74, 6) is 0.685. The number of halogens is 2. The zero-order valence-corrected chi connectivity index (χ0v) is 12.0. The second-order valence-electron chi connectivity index (χ2n) is 3.77. The SMILES string of the molecule is CCc1nc(-c2ccc(Br)cc2)nc(Cl)c1C. The van der Waals surface area contributed by atoms with E-state index < -0.39 is 0 Å². The van der Waals surface area contributed by atoms with Gasteiger partial charge in [-0.2, -0.15) is 0 Å². The molecule has 4 heteroatoms. The summed E-state index contributed by atoms with van der Waals surface area (Å²) in [6.07, 6.45) is 0.859. The van der Waals surface area contributed by atoms with Gasteiger partial charge in [0.2, 0.25) is 0 Å². The summed E-state index contributed by atoms with van der Waals surface area (Å²) >= 11 is 9.52. The summed E-state index contributed by atoms with van der Waals surface area (Å²) in [6, 6.07) is 7.89. The average molecular weight is 312 g/mol. The standard InChI is InChI=1S/C13H12BrClN2/c1-3-11-8(2)12(15)17-13(16-11)9-4-6-10(14)7-5-9/h4-7H,3H2,1-2H3. The molecule has 0 amide bonds. The molecule has 2 aromatic rings. The number of nitrogens with zero attached hydrogens (tertiary/aromatic N) is 2. The molecule has 0 N–H and O–H groups in total. The third kappa shape index (κ3) is 2.67. The predicted molar refractivity (Wildman–Crippen MR) is 74.3 cm³/mol. The molecule has 0 aliphatic carbocycles. The van der Waals surface area contributed by atoms with E-state index in [2.05, 4.69) is 32.8 Å². The van der Waals surface area contributed by atoms with E-state index in [0.717, 1.165) is 27.7 Å². The van der Waals surface area contributed by atoms with Gasteiger partial charge in [-0.1, -0.05) is 46.6 Å². The Kier molecular flexibility index (Phi) is 3.79. The van der Waals surface area contributed by atoms with Crippen molar-refractivity contribution < 1.29 is 0 Å². The van der Waals surface area contributed by atoms with E-state index in [1.807, 2.05) is 31.2 Å². The zero-order valence-electron chi connectivity index (χ0n) is 9.67. The zero-order chi connectivity index (χ0) is 12.4. The fourth-order valence-electron chi connectivity index (χ4n) is 1.60. The maximum atomic E-state index is 6.12. The second kappa shape index (κ2) is 5.15. The number of benzene rings is 1. The molecule has 0 unspecified atom stereocenters. The first-order chi connectivity index (χ1) is 8.11. The Morgan fingerprint density at radius 1 is 1.18 bits per heavy atom. The van der Waals surface area contributed by atoms with E-state index >= 15 is 0 Å². The fraction of sp³-hybridized carbons (Fsp3) is 0.231. The first-order valence-electron chi connectivity index (χ1n) is 5.40. The molecule has 0 saturated carbocycles. The largest absolute Gasteiger partial charge is 0.233 e. The van der Waals surface area contributed by atoms with Crippen LogP contribution in [0.15, 0.2) is 28.7 Å². The molecule has 1 aromatic heterocycles. The van der Waals surface area contributed by atoms with E-state index in [0.29, 0.717) is 11.0 Å². The van der Waals surface area contributed by atoms with Crippen LogP contribution in [-0.2, 0) is 6.42 Å². The maximum Gasteiger partial charge on any atom is 0.161 e. The number of aromatic nitrogens is 2. The monoisotopic (exact) mass is 310 g/mol. The van der Waals surface area contributed by atoms with Crippen molar-refractivity contribution >= 4 is 27.5 Å². The Morgan fingerprint density at radius 2 is 1.82 bits per heavy atom. The molecule has 1 heterocycles. The first-order valence-corrected chi connectivity index (χ1v) is 6.58. The summed E-state index contributed by atoms with van der Waals surface area (Å²) in [7, 11) is 0. The third-order valence-corrected chi connectivity index (χ3v) is 3.52. The first kappa shape index (κ1) is 12.5. The molecule has 2 rings (SSSR count). The molecule has 2 nitrogen and oxygen atoms in total. The van der Waals surface area contributed by atoms with Crippen LogP contribution in [0.25, 0.3) is 11.4 Å². The van der Waals surface area contributed by atoms with Gasteiger partial charge >= 0.3 is 0 Å². The molecule has 0 bridgehead atoms. The lowest BCUT2D eigenvalue weighted by Gasteiger charge is -2.07. The molecule has 0 saturated heterocycles. The topological polar surface area (TPSA) is 25.8 Å². The molecule has 0 atom stereocenters. The smallest absolute Gasteiger partial charge is 0.161 e. The Hall–Kier alpha value is -0.930. The van der Waals surface area contributed by atoms with E-state index in [4.69, 9.17) is 11.6 Å². The number of hydrogen-bond acceptors (Lipinski definition) is 2. The summed E-state index contributed by atoms with van der Waals surface area (Å²) in [4.78, 5) is 8.86. The summed E-state index contributed by atoms with van der Waals surface area (Å²) < 4.78 is 1.04. The summed E-state index contributed by atoms with van der Waals surface area (Å²) in [5, 5.41) is 0.537. The molecular weight excluding hydrogens is 300 g/mol. The Bertz CT molecular complexity index is 538. The number of rotatable bonds is 2. The Balaban J connectivity index is 2.52. The number of aryl methyl sites for hydroxylation is 1. The van der Waals surface area contributed by atoms with Gasteiger partial charge in [-0.25, -0.2) is 9.97 Å². The van der Waals surface area contributed by atoms with Crippen LogP contribution < -0.4 is 0 Å². The predicted octanol–water partition coefficient (Wildman–Crippen LogP) is 4.43. The van der Waals surface area contributed by atoms with Crippen molar-refractivity contribution in [3.05, 3.63) is 45.1 Å². The van der Waals surface area contributed by atoms with E-state index in [-0.39, 0.29) is 0 Å². The highest BCUT2D eigenvalue weighted by Gasteiger charge is 2.09. The van der Waals surface area contributed by atoms with Crippen molar-refractivity contribution in [1.29, 1.82) is 0 Å². The van der Waals surface area contributed by atoms with Crippen molar-refractivity contribution in [2.45, 2.75) is 20.3 Å². The second-order valence-corrected chi connectivity index (χ2v) is 5.04. The van der Waals surface area contributed by atoms with Gasteiger partial charge in [-0.3, -0.25) is 0 Å². The van der Waals surface area contributed by atoms with E-state index in [9.17, 15) is 0 Å². The van der Waals surface area contributed by atoms with Gasteiger partial charge in [0, 0.05) is 21.3 Å². The van der Waals surface area contributed by atoms with Crippen LogP contribution in [0.2, 0.25) is 5.15 Å². The minimum atomic E-state index is 0.537. The van der Waals surface area contributed by atoms with Gasteiger partial charge in [-0.15, -0.1) is 0 Å². The van der Waals surface area contributed by atoms with Gasteiger partial charge < -0.3 is 0 Å². The Labute approximate surface area is 114 Å². The normalized spacial score (nSPS) is 10.6. The highest BCUT2D eigenvalue weighted by molar-refractivity contribution is 9.10. The van der Waals surface area contributed by atoms with Crippen LogP contribution in [0, 0.1) is 6.92 Å². The molecule has 0 aliphatic heterocycles. The van der Waals surface area contributed by atoms with Gasteiger partial charge in [0.05, 0.1) is 0 Å². The summed E-state index contributed by atoms with van der Waals surface area (Å²) in [6.45, 7) is 4.02. The van der Waals surface area contributed by atoms with E-state index in [1.165, 1.54) is 0 Å². The number of hydrogen-bond donors (Lipinski definition) is 0. The molecule has 0 radical (unpaired) electrons. The highest BCUT2D eigenvalue weighted by atomic mass is 79.9. The molecule has 0 spiro atoms. The fourth-order valence-corrected chi connectivity index (χ4v) is 2.06. The minimum absolute atomic E-state index is 0.537. The van der Waals surface area contributed by atoms with Gasteiger partial charge in [0.1, 0.15) is 5.15 Å². The highest BCUT2D eigenvalue weighted by Crippen LogP contribution is 2.23. The van der Waals surface area contributed by atoms with Gasteiger partial charge in [0.25, 0.3) is 0 Å². The lowest BCUT2D eigenvalue weighted by atomic mass is 10.1. The Morgan fingerprint density at radius 3 is 2.41 bits per heavy atom. The van der Waals surface area contributed by atoms with Crippen LogP contribution in [0.4, 0.5) is 0 Å². The van der Waals surface area contributed by atoms with Crippen molar-refractivity contribution in [3.63, 3.8) is 0 Å². The third-order valence-electron chi connectivity index (χ3n) is 2.62. The lowest BCUT2D eigenvalue weighted by Crippen LogP contribution is -1.99. The molecule has 1 aromatic carbocycles. The van der Waals surface area contributed by atoms with Crippen molar-refractivity contribution in [2.24, 2.45) is 0 Å². The van der Waals surface area contributed by atoms with Crippen LogP contribution in [-0.4, -0.2) is 9.97 Å². The van der Waals surface area contributed by atoms with E-state index in [1.54, 1.807) is 0 Å². The molecule has 88 valence electrons. The minimum Gasteiger partial charge on any atom is -0.233 e. The van der Waals surface area contributed by atoms with Gasteiger partial charge in [-0.05, 0) is 25.5 Å². The average Bonchev–Trinajstić information content (AvgIpc) is 2.33. The lowest BCUT2D eigenvalue weighted by molar-refractivity contribution is 0.977. The summed E-state index contributed by atoms with van der Waals surface area (Å²) in [5.41, 5.74) is 2.95. The van der Waals surface area contributed by atoms with Crippen molar-refractivity contribution in [1.82, 2.24) is 9.97 Å². The molecule has 0 aliphatic rings. The molecular formula is C13H12BrClN2. The molecule has 17 heavy (non-hydrogen) atoms. The van der Waals surface area contributed by atoms with Crippen LogP contribution in [0.5, 0.6) is 0 Å². The molecule has 0 fully saturated rings. The van der Waals surface area contributed by atoms with Gasteiger partial charge in [0.15, 0.2) is 5.82 Å². The van der Waals surface area contributed by atoms with Crippen LogP contribution >= 0.6 is 27.5 Å². The van der Waals surface area contributed by atoms with Crippen molar-refractivity contribution in [2.75, 3.05) is 0 Å². The quantitative estimate of drug-likeness (QED) is 0.767. The maximum absolute atomic E-state index is 6.12.